The first kappa shape index (κ1) is 31.4. The van der Waals surface area contributed by atoms with Gasteiger partial charge in [-0.15, -0.1) is 0 Å². The second-order valence-electron chi connectivity index (χ2n) is 10.3. The molecule has 3 rings (SSSR count). The summed E-state index contributed by atoms with van der Waals surface area (Å²) in [6, 6.07) is 18.6. The average molecular weight is 629 g/mol. The van der Waals surface area contributed by atoms with E-state index in [-0.39, 0.29) is 23.4 Å². The molecule has 0 saturated carbocycles. The number of hydrogen-bond donors (Lipinski definition) is 1. The van der Waals surface area contributed by atoms with Crippen LogP contribution in [-0.2, 0) is 26.2 Å². The molecule has 7 nitrogen and oxygen atoms in total. The third-order valence-corrected chi connectivity index (χ3v) is 9.19. The molecule has 3 aromatic carbocycles. The van der Waals surface area contributed by atoms with Gasteiger partial charge in [-0.3, -0.25) is 13.9 Å². The smallest absolute Gasteiger partial charge is 0.264 e. The molecule has 214 valence electrons. The van der Waals surface area contributed by atoms with Crippen LogP contribution in [0.25, 0.3) is 0 Å². The minimum absolute atomic E-state index is 0.0635. The minimum Gasteiger partial charge on any atom is -0.352 e. The van der Waals surface area contributed by atoms with Crippen molar-refractivity contribution in [3.63, 3.8) is 0 Å². The fraction of sp³-hybridized carbons (Fsp3) is 0.355. The minimum atomic E-state index is -4.11. The predicted octanol–water partition coefficient (Wildman–Crippen LogP) is 5.90. The summed E-state index contributed by atoms with van der Waals surface area (Å²) in [4.78, 5) is 28.8. The number of hydrogen-bond acceptors (Lipinski definition) is 4. The second-order valence-corrected chi connectivity index (χ2v) is 13.0. The number of aryl methyl sites for hydroxylation is 3. The molecule has 0 bridgehead atoms. The van der Waals surface area contributed by atoms with Gasteiger partial charge in [0, 0.05) is 17.1 Å². The lowest BCUT2D eigenvalue weighted by Gasteiger charge is -2.33. The molecule has 0 aromatic heterocycles. The number of amides is 2. The van der Waals surface area contributed by atoms with Crippen molar-refractivity contribution >= 4 is 43.5 Å². The molecule has 40 heavy (non-hydrogen) atoms. The highest BCUT2D eigenvalue weighted by atomic mass is 79.9. The summed E-state index contributed by atoms with van der Waals surface area (Å²) in [5.41, 5.74) is 3.86. The summed E-state index contributed by atoms with van der Waals surface area (Å²) in [5.74, 6) is -0.778. The molecule has 0 saturated heterocycles. The number of halogens is 1. The van der Waals surface area contributed by atoms with Gasteiger partial charge in [0.1, 0.15) is 12.6 Å². The van der Waals surface area contributed by atoms with Gasteiger partial charge >= 0.3 is 0 Å². The standard InChI is InChI=1S/C31H38BrN3O4S/c1-7-24(5)33-31(37)25(6)34(19-26-9-8-10-27(32)18-26)30(36)20-35(29-16-13-22(3)17-23(29)4)40(38,39)28-14-11-21(2)12-15-28/h8-18,24-25H,7,19-20H2,1-6H3,(H,33,37)/t24-,25+/m0/s1. The maximum Gasteiger partial charge on any atom is 0.264 e. The third-order valence-electron chi connectivity index (χ3n) is 6.92. The van der Waals surface area contributed by atoms with Crippen molar-refractivity contribution in [2.24, 2.45) is 0 Å². The van der Waals surface area contributed by atoms with Crippen molar-refractivity contribution in [2.45, 2.75) is 71.5 Å². The molecule has 0 aliphatic carbocycles. The van der Waals surface area contributed by atoms with E-state index < -0.39 is 28.5 Å². The van der Waals surface area contributed by atoms with Crippen LogP contribution in [0.5, 0.6) is 0 Å². The molecule has 0 heterocycles. The first-order valence-electron chi connectivity index (χ1n) is 13.3. The SMILES string of the molecule is CC[C@H](C)NC(=O)[C@@H](C)N(Cc1cccc(Br)c1)C(=O)CN(c1ccc(C)cc1C)S(=O)(=O)c1ccc(C)cc1. The van der Waals surface area contributed by atoms with E-state index in [0.717, 1.165) is 37.5 Å². The summed E-state index contributed by atoms with van der Waals surface area (Å²) in [5, 5.41) is 2.95. The fourth-order valence-corrected chi connectivity index (χ4v) is 6.24. The molecule has 9 heteroatoms. The molecule has 2 amide bonds. The number of rotatable bonds is 11. The zero-order chi connectivity index (χ0) is 29.6. The van der Waals surface area contributed by atoms with Crippen LogP contribution < -0.4 is 9.62 Å². The maximum atomic E-state index is 14.1. The Kier molecular flexibility index (Phi) is 10.6. The molecule has 0 aliphatic heterocycles. The number of nitrogens with one attached hydrogen (secondary N) is 1. The first-order chi connectivity index (χ1) is 18.8. The van der Waals surface area contributed by atoms with Gasteiger partial charge in [0.15, 0.2) is 0 Å². The summed E-state index contributed by atoms with van der Waals surface area (Å²) in [7, 11) is -4.11. The maximum absolute atomic E-state index is 14.1. The van der Waals surface area contributed by atoms with Gasteiger partial charge < -0.3 is 10.2 Å². The number of nitrogens with zero attached hydrogens (tertiary/aromatic N) is 2. The molecule has 0 fully saturated rings. The molecule has 3 aromatic rings. The molecule has 2 atom stereocenters. The van der Waals surface area contributed by atoms with E-state index in [1.807, 2.05) is 71.0 Å². The van der Waals surface area contributed by atoms with Gasteiger partial charge in [0.25, 0.3) is 10.0 Å². The fourth-order valence-electron chi connectivity index (χ4n) is 4.32. The highest BCUT2D eigenvalue weighted by Crippen LogP contribution is 2.28. The van der Waals surface area contributed by atoms with Crippen molar-refractivity contribution < 1.29 is 18.0 Å². The summed E-state index contributed by atoms with van der Waals surface area (Å²) >= 11 is 3.47. The molecule has 0 radical (unpaired) electrons. The van der Waals surface area contributed by atoms with E-state index >= 15 is 0 Å². The Morgan fingerprint density at radius 2 is 1.57 bits per heavy atom. The molecule has 0 spiro atoms. The van der Waals surface area contributed by atoms with E-state index in [4.69, 9.17) is 0 Å². The first-order valence-corrected chi connectivity index (χ1v) is 15.6. The Bertz CT molecular complexity index is 1460. The number of anilines is 1. The van der Waals surface area contributed by atoms with Crippen molar-refractivity contribution in [1.82, 2.24) is 10.2 Å². The van der Waals surface area contributed by atoms with Gasteiger partial charge in [-0.25, -0.2) is 8.42 Å². The van der Waals surface area contributed by atoms with Gasteiger partial charge in [-0.1, -0.05) is 70.4 Å². The zero-order valence-electron chi connectivity index (χ0n) is 23.9. The quantitative estimate of drug-likeness (QED) is 0.287. The average Bonchev–Trinajstić information content (AvgIpc) is 2.90. The van der Waals surface area contributed by atoms with E-state index in [1.54, 1.807) is 37.3 Å². The summed E-state index contributed by atoms with van der Waals surface area (Å²) < 4.78 is 30.0. The lowest BCUT2D eigenvalue weighted by atomic mass is 10.1. The lowest BCUT2D eigenvalue weighted by molar-refractivity contribution is -0.139. The van der Waals surface area contributed by atoms with Gasteiger partial charge in [0.2, 0.25) is 11.8 Å². The molecule has 1 N–H and O–H groups in total. The number of benzene rings is 3. The topological polar surface area (TPSA) is 86.8 Å². The van der Waals surface area contributed by atoms with Gasteiger partial charge in [0.05, 0.1) is 10.6 Å². The number of sulfonamides is 1. The van der Waals surface area contributed by atoms with Crippen molar-refractivity contribution in [3.8, 4) is 0 Å². The molecule has 0 aliphatic rings. The monoisotopic (exact) mass is 627 g/mol. The molecule has 0 unspecified atom stereocenters. The van der Waals surface area contributed by atoms with Crippen molar-refractivity contribution in [1.29, 1.82) is 0 Å². The van der Waals surface area contributed by atoms with E-state index in [0.29, 0.717) is 5.69 Å². The van der Waals surface area contributed by atoms with Crippen LogP contribution in [0, 0.1) is 20.8 Å². The van der Waals surface area contributed by atoms with Crippen LogP contribution >= 0.6 is 15.9 Å². The molecular formula is C31H38BrN3O4S. The highest BCUT2D eigenvalue weighted by Gasteiger charge is 2.33. The Morgan fingerprint density at radius 3 is 2.17 bits per heavy atom. The highest BCUT2D eigenvalue weighted by molar-refractivity contribution is 9.10. The Labute approximate surface area is 246 Å². The van der Waals surface area contributed by atoms with Crippen LogP contribution in [0.4, 0.5) is 5.69 Å². The van der Waals surface area contributed by atoms with E-state index in [1.165, 1.54) is 4.90 Å². The van der Waals surface area contributed by atoms with Crippen LogP contribution in [0.15, 0.2) is 76.1 Å². The van der Waals surface area contributed by atoms with Crippen molar-refractivity contribution in [2.75, 3.05) is 10.8 Å². The number of carbonyl (C=O) groups is 2. The Balaban J connectivity index is 2.06. The van der Waals surface area contributed by atoms with Crippen LogP contribution in [0.1, 0.15) is 49.4 Å². The summed E-state index contributed by atoms with van der Waals surface area (Å²) in [6.45, 7) is 10.9. The Hall–Kier alpha value is -3.17. The zero-order valence-corrected chi connectivity index (χ0v) is 26.3. The third kappa shape index (κ3) is 7.73. The van der Waals surface area contributed by atoms with Crippen LogP contribution in [0.3, 0.4) is 0 Å². The predicted molar refractivity (Wildman–Crippen MR) is 164 cm³/mol. The lowest BCUT2D eigenvalue weighted by Crippen LogP contribution is -2.52. The Morgan fingerprint density at radius 1 is 0.925 bits per heavy atom. The largest absolute Gasteiger partial charge is 0.352 e. The van der Waals surface area contributed by atoms with Crippen molar-refractivity contribution in [3.05, 3.63) is 93.5 Å². The van der Waals surface area contributed by atoms with E-state index in [2.05, 4.69) is 21.2 Å². The second kappa shape index (κ2) is 13.5. The number of carbonyl (C=O) groups excluding carboxylic acids is 2. The normalized spacial score (nSPS) is 12.9. The molecular weight excluding hydrogens is 590 g/mol. The van der Waals surface area contributed by atoms with Crippen LogP contribution in [-0.4, -0.2) is 43.8 Å². The van der Waals surface area contributed by atoms with E-state index in [9.17, 15) is 18.0 Å². The van der Waals surface area contributed by atoms with Gasteiger partial charge in [-0.2, -0.15) is 0 Å². The van der Waals surface area contributed by atoms with Gasteiger partial charge in [-0.05, 0) is 82.5 Å². The summed E-state index contributed by atoms with van der Waals surface area (Å²) in [6.07, 6.45) is 0.743. The van der Waals surface area contributed by atoms with Crippen LogP contribution in [0.2, 0.25) is 0 Å².